The second-order valence-electron chi connectivity index (χ2n) is 6.57. The molecule has 0 aliphatic carbocycles. The van der Waals surface area contributed by atoms with Crippen molar-refractivity contribution in [3.8, 4) is 0 Å². The average molecular weight is 383 g/mol. The number of nitro groups is 1. The summed E-state index contributed by atoms with van der Waals surface area (Å²) in [7, 11) is 3.38. The molecule has 0 bridgehead atoms. The van der Waals surface area contributed by atoms with E-state index in [0.717, 1.165) is 11.1 Å². The summed E-state index contributed by atoms with van der Waals surface area (Å²) in [6.07, 6.45) is 0. The van der Waals surface area contributed by atoms with Gasteiger partial charge in [0.25, 0.3) is 5.69 Å². The highest BCUT2D eigenvalue weighted by Gasteiger charge is 2.07. The number of amides is 1. The first-order chi connectivity index (χ1) is 13.3. The number of hydrogen-bond acceptors (Lipinski definition) is 4. The van der Waals surface area contributed by atoms with Crippen molar-refractivity contribution in [1.29, 1.82) is 0 Å². The summed E-state index contributed by atoms with van der Waals surface area (Å²) in [5.41, 5.74) is 3.15. The SMILES string of the molecule is Cc1ccc(CN=C(NCC(=O)N(C)C)NCc2ccc([N+](=O)[O-])cc2)cc1. The fourth-order valence-corrected chi connectivity index (χ4v) is 2.28. The third-order valence-corrected chi connectivity index (χ3v) is 4.05. The molecule has 2 aromatic rings. The van der Waals surface area contributed by atoms with Gasteiger partial charge in [0.1, 0.15) is 0 Å². The van der Waals surface area contributed by atoms with E-state index in [-0.39, 0.29) is 18.1 Å². The molecule has 0 heterocycles. The summed E-state index contributed by atoms with van der Waals surface area (Å²) in [5.74, 6) is 0.425. The van der Waals surface area contributed by atoms with Crippen LogP contribution in [0, 0.1) is 17.0 Å². The molecule has 8 nitrogen and oxygen atoms in total. The van der Waals surface area contributed by atoms with Crippen LogP contribution in [0.2, 0.25) is 0 Å². The van der Waals surface area contributed by atoms with Crippen molar-refractivity contribution in [2.24, 2.45) is 4.99 Å². The fraction of sp³-hybridized carbons (Fsp3) is 0.300. The number of carbonyl (C=O) groups is 1. The summed E-state index contributed by atoms with van der Waals surface area (Å²) < 4.78 is 0. The lowest BCUT2D eigenvalue weighted by molar-refractivity contribution is -0.384. The summed E-state index contributed by atoms with van der Waals surface area (Å²) >= 11 is 0. The van der Waals surface area contributed by atoms with E-state index in [9.17, 15) is 14.9 Å². The third kappa shape index (κ3) is 6.71. The van der Waals surface area contributed by atoms with Crippen LogP contribution in [-0.4, -0.2) is 42.3 Å². The molecule has 0 radical (unpaired) electrons. The number of aliphatic imine (C=N–C) groups is 1. The summed E-state index contributed by atoms with van der Waals surface area (Å²) in [6, 6.07) is 14.4. The second-order valence-corrected chi connectivity index (χ2v) is 6.57. The van der Waals surface area contributed by atoms with E-state index in [1.165, 1.54) is 22.6 Å². The van der Waals surface area contributed by atoms with Crippen molar-refractivity contribution in [2.75, 3.05) is 20.6 Å². The maximum atomic E-state index is 11.9. The van der Waals surface area contributed by atoms with Crippen molar-refractivity contribution >= 4 is 17.6 Å². The van der Waals surface area contributed by atoms with Gasteiger partial charge in [-0.1, -0.05) is 42.0 Å². The lowest BCUT2D eigenvalue weighted by atomic mass is 10.1. The maximum absolute atomic E-state index is 11.9. The minimum atomic E-state index is -0.430. The summed E-state index contributed by atoms with van der Waals surface area (Å²) in [4.78, 5) is 28.2. The smallest absolute Gasteiger partial charge is 0.269 e. The molecule has 148 valence electrons. The molecule has 0 fully saturated rings. The van der Waals surface area contributed by atoms with E-state index >= 15 is 0 Å². The molecule has 0 spiro atoms. The molecule has 2 aromatic carbocycles. The van der Waals surface area contributed by atoms with Crippen LogP contribution in [0.5, 0.6) is 0 Å². The lowest BCUT2D eigenvalue weighted by Crippen LogP contribution is -2.42. The van der Waals surface area contributed by atoms with Gasteiger partial charge in [-0.3, -0.25) is 14.9 Å². The van der Waals surface area contributed by atoms with Gasteiger partial charge in [-0.15, -0.1) is 0 Å². The number of guanidine groups is 1. The molecule has 8 heteroatoms. The Morgan fingerprint density at radius 2 is 1.64 bits per heavy atom. The van der Waals surface area contributed by atoms with Crippen molar-refractivity contribution < 1.29 is 9.72 Å². The Kier molecular flexibility index (Phi) is 7.50. The van der Waals surface area contributed by atoms with Gasteiger partial charge in [-0.2, -0.15) is 0 Å². The number of nitrogens with one attached hydrogen (secondary N) is 2. The topological polar surface area (TPSA) is 99.9 Å². The number of benzene rings is 2. The van der Waals surface area contributed by atoms with Crippen molar-refractivity contribution in [1.82, 2.24) is 15.5 Å². The van der Waals surface area contributed by atoms with Crippen molar-refractivity contribution in [3.63, 3.8) is 0 Å². The zero-order valence-electron chi connectivity index (χ0n) is 16.3. The van der Waals surface area contributed by atoms with Crippen LogP contribution in [0.1, 0.15) is 16.7 Å². The molecule has 2 rings (SSSR count). The standard InChI is InChI=1S/C20H25N5O3/c1-15-4-6-16(7-5-15)12-21-20(23-14-19(26)24(2)3)22-13-17-8-10-18(11-9-17)25(27)28/h4-11H,12-14H2,1-3H3,(H2,21,22,23). The first kappa shape index (κ1) is 20.9. The molecule has 0 saturated carbocycles. The molecule has 0 aliphatic heterocycles. The molecule has 0 unspecified atom stereocenters. The van der Waals surface area contributed by atoms with Gasteiger partial charge in [0.2, 0.25) is 5.91 Å². The zero-order valence-corrected chi connectivity index (χ0v) is 16.3. The van der Waals surface area contributed by atoms with E-state index in [1.807, 2.05) is 31.2 Å². The maximum Gasteiger partial charge on any atom is 0.269 e. The Morgan fingerprint density at radius 3 is 2.21 bits per heavy atom. The molecule has 0 aromatic heterocycles. The third-order valence-electron chi connectivity index (χ3n) is 4.05. The van der Waals surface area contributed by atoms with Gasteiger partial charge >= 0.3 is 0 Å². The minimum Gasteiger partial charge on any atom is -0.352 e. The van der Waals surface area contributed by atoms with Crippen molar-refractivity contribution in [3.05, 3.63) is 75.3 Å². The van der Waals surface area contributed by atoms with E-state index < -0.39 is 4.92 Å². The van der Waals surface area contributed by atoms with Crippen LogP contribution >= 0.6 is 0 Å². The number of rotatable bonds is 7. The highest BCUT2D eigenvalue weighted by Crippen LogP contribution is 2.11. The number of hydrogen-bond donors (Lipinski definition) is 2. The Balaban J connectivity index is 2.03. The van der Waals surface area contributed by atoms with Gasteiger partial charge in [-0.25, -0.2) is 4.99 Å². The van der Waals surface area contributed by atoms with Crippen LogP contribution in [0.3, 0.4) is 0 Å². The van der Waals surface area contributed by atoms with Gasteiger partial charge in [0, 0.05) is 32.8 Å². The number of likely N-dealkylation sites (N-methyl/N-ethyl adjacent to an activating group) is 1. The van der Waals surface area contributed by atoms with E-state index in [1.54, 1.807) is 26.2 Å². The fourth-order valence-electron chi connectivity index (χ4n) is 2.28. The Hall–Kier alpha value is -3.42. The van der Waals surface area contributed by atoms with Crippen LogP contribution in [-0.2, 0) is 17.9 Å². The Bertz CT molecular complexity index is 830. The molecule has 0 atom stereocenters. The van der Waals surface area contributed by atoms with E-state index in [2.05, 4.69) is 15.6 Å². The van der Waals surface area contributed by atoms with Gasteiger partial charge in [0.15, 0.2) is 5.96 Å². The minimum absolute atomic E-state index is 0.0479. The Labute approximate surface area is 164 Å². The highest BCUT2D eigenvalue weighted by atomic mass is 16.6. The second kappa shape index (κ2) is 10.1. The summed E-state index contributed by atoms with van der Waals surface area (Å²) in [5, 5.41) is 16.9. The molecule has 2 N–H and O–H groups in total. The first-order valence-corrected chi connectivity index (χ1v) is 8.86. The predicted octanol–water partition coefficient (Wildman–Crippen LogP) is 2.23. The molecule has 0 saturated heterocycles. The molecular weight excluding hydrogens is 358 g/mol. The monoisotopic (exact) mass is 383 g/mol. The van der Waals surface area contributed by atoms with E-state index in [4.69, 9.17) is 0 Å². The van der Waals surface area contributed by atoms with Crippen LogP contribution in [0.4, 0.5) is 5.69 Å². The van der Waals surface area contributed by atoms with Crippen LogP contribution < -0.4 is 10.6 Å². The first-order valence-electron chi connectivity index (χ1n) is 8.86. The average Bonchev–Trinajstić information content (AvgIpc) is 2.68. The largest absolute Gasteiger partial charge is 0.352 e. The predicted molar refractivity (Wildman–Crippen MR) is 109 cm³/mol. The normalized spacial score (nSPS) is 11.0. The van der Waals surface area contributed by atoms with Crippen molar-refractivity contribution in [2.45, 2.75) is 20.0 Å². The van der Waals surface area contributed by atoms with Crippen LogP contribution in [0.15, 0.2) is 53.5 Å². The zero-order chi connectivity index (χ0) is 20.5. The molecule has 28 heavy (non-hydrogen) atoms. The molecule has 0 aliphatic rings. The van der Waals surface area contributed by atoms with Gasteiger partial charge in [0.05, 0.1) is 18.0 Å². The molecular formula is C20H25N5O3. The number of carbonyl (C=O) groups excluding carboxylic acids is 1. The van der Waals surface area contributed by atoms with Crippen LogP contribution in [0.25, 0.3) is 0 Å². The molecule has 1 amide bonds. The number of non-ortho nitro benzene ring substituents is 1. The highest BCUT2D eigenvalue weighted by molar-refractivity contribution is 5.86. The quantitative estimate of drug-likeness (QED) is 0.331. The number of nitro benzene ring substituents is 1. The van der Waals surface area contributed by atoms with Gasteiger partial charge in [-0.05, 0) is 18.1 Å². The summed E-state index contributed by atoms with van der Waals surface area (Å²) in [6.45, 7) is 3.03. The van der Waals surface area contributed by atoms with E-state index in [0.29, 0.717) is 19.0 Å². The number of aryl methyl sites for hydroxylation is 1. The number of nitrogens with zero attached hydrogens (tertiary/aromatic N) is 3. The lowest BCUT2D eigenvalue weighted by Gasteiger charge is -2.15. The van der Waals surface area contributed by atoms with Gasteiger partial charge < -0.3 is 15.5 Å². The Morgan fingerprint density at radius 1 is 1.04 bits per heavy atom.